The number of aryl methyl sites for hydroxylation is 1. The predicted octanol–water partition coefficient (Wildman–Crippen LogP) is 2.19. The van der Waals surface area contributed by atoms with Crippen molar-refractivity contribution in [3.05, 3.63) is 34.3 Å². The van der Waals surface area contributed by atoms with Crippen molar-refractivity contribution in [3.63, 3.8) is 0 Å². The Morgan fingerprint density at radius 2 is 2.41 bits per heavy atom. The zero-order chi connectivity index (χ0) is 12.3. The Labute approximate surface area is 105 Å². The standard InChI is InChI=1S/C12H17N3OS/c1-4-13-11(9-7-14-15(2)8-9)12-10(16-3)5-6-17-12/h5-8,11,13H,4H2,1-3H3. The van der Waals surface area contributed by atoms with Crippen LogP contribution in [0.15, 0.2) is 23.8 Å². The molecule has 0 saturated carbocycles. The number of hydrogen-bond donors (Lipinski definition) is 1. The molecule has 0 aliphatic carbocycles. The van der Waals surface area contributed by atoms with Gasteiger partial charge in [-0.15, -0.1) is 11.3 Å². The van der Waals surface area contributed by atoms with Gasteiger partial charge in [-0.1, -0.05) is 6.92 Å². The molecule has 0 radical (unpaired) electrons. The normalized spacial score (nSPS) is 12.6. The number of hydrogen-bond acceptors (Lipinski definition) is 4. The van der Waals surface area contributed by atoms with Crippen LogP contribution in [0.25, 0.3) is 0 Å². The number of nitrogens with one attached hydrogen (secondary N) is 1. The van der Waals surface area contributed by atoms with Crippen LogP contribution in [0.3, 0.4) is 0 Å². The lowest BCUT2D eigenvalue weighted by Crippen LogP contribution is -2.21. The van der Waals surface area contributed by atoms with Gasteiger partial charge in [-0.3, -0.25) is 4.68 Å². The van der Waals surface area contributed by atoms with Crippen LogP contribution >= 0.6 is 11.3 Å². The third kappa shape index (κ3) is 2.50. The van der Waals surface area contributed by atoms with Crippen molar-refractivity contribution in [1.29, 1.82) is 0 Å². The molecule has 0 spiro atoms. The van der Waals surface area contributed by atoms with Gasteiger partial charge in [-0.2, -0.15) is 5.10 Å². The van der Waals surface area contributed by atoms with E-state index in [1.54, 1.807) is 18.4 Å². The molecule has 0 aromatic carbocycles. The number of nitrogens with zero attached hydrogens (tertiary/aromatic N) is 2. The van der Waals surface area contributed by atoms with E-state index >= 15 is 0 Å². The molecule has 1 atom stereocenters. The van der Waals surface area contributed by atoms with Crippen molar-refractivity contribution >= 4 is 11.3 Å². The quantitative estimate of drug-likeness (QED) is 0.885. The van der Waals surface area contributed by atoms with E-state index in [9.17, 15) is 0 Å². The van der Waals surface area contributed by atoms with E-state index in [0.29, 0.717) is 0 Å². The van der Waals surface area contributed by atoms with Crippen LogP contribution in [-0.2, 0) is 7.05 Å². The molecule has 0 aliphatic heterocycles. The fourth-order valence-corrected chi connectivity index (χ4v) is 2.80. The fourth-order valence-electron chi connectivity index (χ4n) is 1.84. The monoisotopic (exact) mass is 251 g/mol. The summed E-state index contributed by atoms with van der Waals surface area (Å²) >= 11 is 1.70. The first-order valence-corrected chi connectivity index (χ1v) is 6.47. The Balaban J connectivity index is 2.35. The number of aromatic nitrogens is 2. The average Bonchev–Trinajstić information content (AvgIpc) is 2.94. The van der Waals surface area contributed by atoms with Crippen molar-refractivity contribution in [1.82, 2.24) is 15.1 Å². The minimum Gasteiger partial charge on any atom is -0.496 e. The fraction of sp³-hybridized carbons (Fsp3) is 0.417. The maximum absolute atomic E-state index is 5.38. The maximum atomic E-state index is 5.38. The van der Waals surface area contributed by atoms with Crippen molar-refractivity contribution in [2.75, 3.05) is 13.7 Å². The van der Waals surface area contributed by atoms with Gasteiger partial charge in [-0.25, -0.2) is 0 Å². The molecular weight excluding hydrogens is 234 g/mol. The highest BCUT2D eigenvalue weighted by Gasteiger charge is 2.19. The van der Waals surface area contributed by atoms with E-state index in [1.165, 1.54) is 4.88 Å². The van der Waals surface area contributed by atoms with Gasteiger partial charge in [-0.05, 0) is 18.0 Å². The Kier molecular flexibility index (Phi) is 3.81. The molecule has 5 heteroatoms. The zero-order valence-corrected chi connectivity index (χ0v) is 11.1. The first-order chi connectivity index (χ1) is 8.26. The van der Waals surface area contributed by atoms with Crippen LogP contribution in [-0.4, -0.2) is 23.4 Å². The molecule has 2 heterocycles. The second-order valence-electron chi connectivity index (χ2n) is 3.79. The Morgan fingerprint density at radius 1 is 1.59 bits per heavy atom. The van der Waals surface area contributed by atoms with E-state index in [-0.39, 0.29) is 6.04 Å². The first kappa shape index (κ1) is 12.1. The highest BCUT2D eigenvalue weighted by molar-refractivity contribution is 7.10. The van der Waals surface area contributed by atoms with E-state index in [2.05, 4.69) is 22.7 Å². The van der Waals surface area contributed by atoms with Gasteiger partial charge in [0.15, 0.2) is 0 Å². The topological polar surface area (TPSA) is 39.1 Å². The number of methoxy groups -OCH3 is 1. The van der Waals surface area contributed by atoms with Crippen LogP contribution < -0.4 is 10.1 Å². The van der Waals surface area contributed by atoms with Crippen LogP contribution in [0, 0.1) is 0 Å². The van der Waals surface area contributed by atoms with Gasteiger partial charge < -0.3 is 10.1 Å². The molecule has 0 amide bonds. The summed E-state index contributed by atoms with van der Waals surface area (Å²) < 4.78 is 7.20. The smallest absolute Gasteiger partial charge is 0.134 e. The van der Waals surface area contributed by atoms with Crippen molar-refractivity contribution in [2.24, 2.45) is 7.05 Å². The Morgan fingerprint density at radius 3 is 3.00 bits per heavy atom. The second kappa shape index (κ2) is 5.33. The number of ether oxygens (including phenoxy) is 1. The lowest BCUT2D eigenvalue weighted by molar-refractivity contribution is 0.408. The Hall–Kier alpha value is -1.33. The van der Waals surface area contributed by atoms with E-state index in [0.717, 1.165) is 17.9 Å². The second-order valence-corrected chi connectivity index (χ2v) is 4.74. The summed E-state index contributed by atoms with van der Waals surface area (Å²) in [6.45, 7) is 3.00. The summed E-state index contributed by atoms with van der Waals surface area (Å²) in [6, 6.07) is 2.16. The molecule has 0 bridgehead atoms. The largest absolute Gasteiger partial charge is 0.496 e. The minimum atomic E-state index is 0.156. The Bertz CT molecular complexity index is 478. The predicted molar refractivity (Wildman–Crippen MR) is 69.6 cm³/mol. The summed E-state index contributed by atoms with van der Waals surface area (Å²) in [5.74, 6) is 0.935. The SMILES string of the molecule is CCNC(c1cnn(C)c1)c1sccc1OC. The van der Waals surface area contributed by atoms with Gasteiger partial charge in [0.25, 0.3) is 0 Å². The number of thiophene rings is 1. The van der Waals surface area contributed by atoms with Crippen LogP contribution in [0.1, 0.15) is 23.4 Å². The average molecular weight is 251 g/mol. The van der Waals surface area contributed by atoms with Crippen LogP contribution in [0.4, 0.5) is 0 Å². The molecule has 1 unspecified atom stereocenters. The molecule has 2 rings (SSSR count). The van der Waals surface area contributed by atoms with Gasteiger partial charge >= 0.3 is 0 Å². The summed E-state index contributed by atoms with van der Waals surface area (Å²) in [6.07, 6.45) is 3.93. The lowest BCUT2D eigenvalue weighted by atomic mass is 10.1. The number of rotatable bonds is 5. The van der Waals surface area contributed by atoms with Crippen molar-refractivity contribution in [2.45, 2.75) is 13.0 Å². The molecule has 2 aromatic rings. The van der Waals surface area contributed by atoms with E-state index in [4.69, 9.17) is 4.74 Å². The lowest BCUT2D eigenvalue weighted by Gasteiger charge is -2.16. The van der Waals surface area contributed by atoms with E-state index in [1.807, 2.05) is 30.2 Å². The summed E-state index contributed by atoms with van der Waals surface area (Å²) in [5, 5.41) is 9.74. The molecule has 17 heavy (non-hydrogen) atoms. The van der Waals surface area contributed by atoms with Crippen molar-refractivity contribution < 1.29 is 4.74 Å². The maximum Gasteiger partial charge on any atom is 0.134 e. The molecule has 1 N–H and O–H groups in total. The molecule has 0 fully saturated rings. The van der Waals surface area contributed by atoms with Crippen LogP contribution in [0.5, 0.6) is 5.75 Å². The molecule has 92 valence electrons. The summed E-state index contributed by atoms with van der Waals surface area (Å²) in [4.78, 5) is 1.20. The van der Waals surface area contributed by atoms with Gasteiger partial charge in [0.1, 0.15) is 5.75 Å². The van der Waals surface area contributed by atoms with Crippen molar-refractivity contribution in [3.8, 4) is 5.75 Å². The molecule has 0 aliphatic rings. The third-order valence-corrected chi connectivity index (χ3v) is 3.57. The highest BCUT2D eigenvalue weighted by atomic mass is 32.1. The van der Waals surface area contributed by atoms with E-state index < -0.39 is 0 Å². The minimum absolute atomic E-state index is 0.156. The van der Waals surface area contributed by atoms with Gasteiger partial charge in [0, 0.05) is 18.8 Å². The zero-order valence-electron chi connectivity index (χ0n) is 10.3. The molecule has 0 saturated heterocycles. The van der Waals surface area contributed by atoms with Gasteiger partial charge in [0.2, 0.25) is 0 Å². The summed E-state index contributed by atoms with van der Waals surface area (Å²) in [5.41, 5.74) is 1.16. The summed E-state index contributed by atoms with van der Waals surface area (Å²) in [7, 11) is 3.63. The molecule has 2 aromatic heterocycles. The van der Waals surface area contributed by atoms with Crippen LogP contribution in [0.2, 0.25) is 0 Å². The highest BCUT2D eigenvalue weighted by Crippen LogP contribution is 2.34. The first-order valence-electron chi connectivity index (χ1n) is 5.59. The third-order valence-electron chi connectivity index (χ3n) is 2.61. The molecular formula is C12H17N3OS. The molecule has 4 nitrogen and oxygen atoms in total. The van der Waals surface area contributed by atoms with Gasteiger partial charge in [0.05, 0.1) is 24.2 Å².